The van der Waals surface area contributed by atoms with Crippen molar-refractivity contribution in [2.45, 2.75) is 49.9 Å². The highest BCUT2D eigenvalue weighted by Gasteiger charge is 2.44. The number of ether oxygens (including phenoxy) is 3. The van der Waals surface area contributed by atoms with Crippen molar-refractivity contribution in [1.82, 2.24) is 0 Å². The molecule has 3 rings (SSSR count). The van der Waals surface area contributed by atoms with Gasteiger partial charge in [0.15, 0.2) is 0 Å². The van der Waals surface area contributed by atoms with Crippen LogP contribution >= 0.6 is 0 Å². The van der Waals surface area contributed by atoms with E-state index in [2.05, 4.69) is 0 Å². The molecule has 1 spiro atoms. The largest absolute Gasteiger partial charge is 0.497 e. The van der Waals surface area contributed by atoms with Crippen LogP contribution in [0.3, 0.4) is 0 Å². The van der Waals surface area contributed by atoms with Gasteiger partial charge in [-0.2, -0.15) is 0 Å². The molecule has 1 aromatic rings. The van der Waals surface area contributed by atoms with Crippen molar-refractivity contribution < 1.29 is 19.3 Å². The molecule has 1 aliphatic heterocycles. The van der Waals surface area contributed by atoms with Gasteiger partial charge in [0.05, 0.1) is 19.3 Å². The standard InChI is InChI=1S/C16H22O4/c1-18-11-5-6-15-13(8-11)14(17)10-16(20-15)7-3-4-12(9-16)19-2/h5-6,8,12,14,17H,3-4,7,9-10H2,1-2H3/t12?,14-,16?/m1/s1. The van der Waals surface area contributed by atoms with Crippen LogP contribution in [0.15, 0.2) is 18.2 Å². The second-order valence-electron chi connectivity index (χ2n) is 5.86. The fraction of sp³-hybridized carbons (Fsp3) is 0.625. The third-order valence-corrected chi connectivity index (χ3v) is 4.56. The highest BCUT2D eigenvalue weighted by Crippen LogP contribution is 2.47. The second kappa shape index (κ2) is 5.26. The van der Waals surface area contributed by atoms with Crippen LogP contribution in [0, 0.1) is 0 Å². The average Bonchev–Trinajstić information content (AvgIpc) is 2.47. The van der Waals surface area contributed by atoms with Crippen LogP contribution in [-0.2, 0) is 4.74 Å². The maximum atomic E-state index is 10.5. The molecule has 1 saturated carbocycles. The van der Waals surface area contributed by atoms with E-state index in [1.807, 2.05) is 18.2 Å². The van der Waals surface area contributed by atoms with Crippen molar-refractivity contribution in [2.75, 3.05) is 14.2 Å². The Bertz CT molecular complexity index is 487. The minimum atomic E-state index is -0.496. The zero-order valence-corrected chi connectivity index (χ0v) is 12.1. The molecule has 0 saturated heterocycles. The summed E-state index contributed by atoms with van der Waals surface area (Å²) in [6, 6.07) is 5.64. The molecular formula is C16H22O4. The number of benzene rings is 1. The molecule has 1 N–H and O–H groups in total. The fourth-order valence-electron chi connectivity index (χ4n) is 3.49. The highest BCUT2D eigenvalue weighted by atomic mass is 16.5. The van der Waals surface area contributed by atoms with Crippen molar-refractivity contribution in [3.63, 3.8) is 0 Å². The first kappa shape index (κ1) is 13.7. The van der Waals surface area contributed by atoms with Crippen LogP contribution in [0.25, 0.3) is 0 Å². The number of aliphatic hydroxyl groups is 1. The number of aliphatic hydroxyl groups excluding tert-OH is 1. The molecule has 2 aliphatic rings. The molecule has 1 aliphatic carbocycles. The Morgan fingerprint density at radius 1 is 1.30 bits per heavy atom. The Morgan fingerprint density at radius 3 is 2.90 bits per heavy atom. The van der Waals surface area contributed by atoms with Crippen molar-refractivity contribution in [2.24, 2.45) is 0 Å². The van der Waals surface area contributed by atoms with E-state index < -0.39 is 6.10 Å². The summed E-state index contributed by atoms with van der Waals surface area (Å²) in [6.45, 7) is 0. The van der Waals surface area contributed by atoms with Crippen LogP contribution in [-0.4, -0.2) is 31.0 Å². The fourth-order valence-corrected chi connectivity index (χ4v) is 3.49. The number of hydrogen-bond donors (Lipinski definition) is 1. The monoisotopic (exact) mass is 278 g/mol. The summed E-state index contributed by atoms with van der Waals surface area (Å²) in [5.41, 5.74) is 0.550. The van der Waals surface area contributed by atoms with E-state index in [1.165, 1.54) is 0 Å². The topological polar surface area (TPSA) is 47.9 Å². The molecule has 0 bridgehead atoms. The lowest BCUT2D eigenvalue weighted by Crippen LogP contribution is -2.46. The van der Waals surface area contributed by atoms with Gasteiger partial charge in [-0.15, -0.1) is 0 Å². The van der Waals surface area contributed by atoms with Gasteiger partial charge < -0.3 is 19.3 Å². The summed E-state index contributed by atoms with van der Waals surface area (Å²) < 4.78 is 17.0. The lowest BCUT2D eigenvalue weighted by atomic mass is 9.76. The van der Waals surface area contributed by atoms with Gasteiger partial charge in [0.1, 0.15) is 17.1 Å². The maximum absolute atomic E-state index is 10.5. The van der Waals surface area contributed by atoms with Crippen molar-refractivity contribution in [3.8, 4) is 11.5 Å². The summed E-state index contributed by atoms with van der Waals surface area (Å²) >= 11 is 0. The van der Waals surface area contributed by atoms with Gasteiger partial charge in [-0.05, 0) is 37.5 Å². The normalized spacial score (nSPS) is 32.5. The molecule has 1 heterocycles. The van der Waals surface area contributed by atoms with Gasteiger partial charge in [0, 0.05) is 25.5 Å². The molecule has 2 unspecified atom stereocenters. The van der Waals surface area contributed by atoms with Crippen LogP contribution in [0.2, 0.25) is 0 Å². The zero-order chi connectivity index (χ0) is 14.2. The molecule has 0 amide bonds. The molecule has 0 aromatic heterocycles. The quantitative estimate of drug-likeness (QED) is 0.903. The first-order chi connectivity index (χ1) is 9.65. The van der Waals surface area contributed by atoms with Crippen molar-refractivity contribution >= 4 is 0 Å². The van der Waals surface area contributed by atoms with Gasteiger partial charge in [-0.3, -0.25) is 0 Å². The van der Waals surface area contributed by atoms with Crippen LogP contribution in [0.1, 0.15) is 43.8 Å². The predicted octanol–water partition coefficient (Wildman–Crippen LogP) is 2.84. The summed E-state index contributed by atoms with van der Waals surface area (Å²) in [6.07, 6.45) is 4.36. The van der Waals surface area contributed by atoms with Crippen LogP contribution in [0.5, 0.6) is 11.5 Å². The van der Waals surface area contributed by atoms with E-state index in [1.54, 1.807) is 14.2 Å². The van der Waals surface area contributed by atoms with E-state index >= 15 is 0 Å². The Hall–Kier alpha value is -1.26. The van der Waals surface area contributed by atoms with Gasteiger partial charge in [0.25, 0.3) is 0 Å². The summed E-state index contributed by atoms with van der Waals surface area (Å²) in [7, 11) is 3.38. The SMILES string of the molecule is COc1ccc2c(c1)[C@H](O)CC1(CCCC(OC)C1)O2. The molecule has 1 fully saturated rings. The first-order valence-electron chi connectivity index (χ1n) is 7.23. The van der Waals surface area contributed by atoms with E-state index in [0.717, 1.165) is 42.7 Å². The Morgan fingerprint density at radius 2 is 2.15 bits per heavy atom. The van der Waals surface area contributed by atoms with E-state index in [0.29, 0.717) is 6.42 Å². The van der Waals surface area contributed by atoms with Crippen LogP contribution in [0.4, 0.5) is 0 Å². The Labute approximate surface area is 119 Å². The maximum Gasteiger partial charge on any atom is 0.126 e. The smallest absolute Gasteiger partial charge is 0.126 e. The molecule has 20 heavy (non-hydrogen) atoms. The Balaban J connectivity index is 1.88. The molecule has 1 aromatic carbocycles. The van der Waals surface area contributed by atoms with Crippen molar-refractivity contribution in [3.05, 3.63) is 23.8 Å². The van der Waals surface area contributed by atoms with Gasteiger partial charge in [-0.1, -0.05) is 0 Å². The summed E-state index contributed by atoms with van der Waals surface area (Å²) in [4.78, 5) is 0. The second-order valence-corrected chi connectivity index (χ2v) is 5.86. The first-order valence-corrected chi connectivity index (χ1v) is 7.23. The molecule has 4 heteroatoms. The predicted molar refractivity (Wildman–Crippen MR) is 75.2 cm³/mol. The van der Waals surface area contributed by atoms with E-state index in [4.69, 9.17) is 14.2 Å². The van der Waals surface area contributed by atoms with E-state index in [-0.39, 0.29) is 11.7 Å². The van der Waals surface area contributed by atoms with Crippen molar-refractivity contribution in [1.29, 1.82) is 0 Å². The van der Waals surface area contributed by atoms with Gasteiger partial charge in [-0.25, -0.2) is 0 Å². The third kappa shape index (κ3) is 2.38. The molecule has 0 radical (unpaired) electrons. The zero-order valence-electron chi connectivity index (χ0n) is 12.1. The number of rotatable bonds is 2. The third-order valence-electron chi connectivity index (χ3n) is 4.56. The van der Waals surface area contributed by atoms with Gasteiger partial charge in [0.2, 0.25) is 0 Å². The van der Waals surface area contributed by atoms with Gasteiger partial charge >= 0.3 is 0 Å². The molecular weight excluding hydrogens is 256 g/mol. The molecule has 3 atom stereocenters. The van der Waals surface area contributed by atoms with E-state index in [9.17, 15) is 5.11 Å². The number of hydrogen-bond acceptors (Lipinski definition) is 4. The average molecular weight is 278 g/mol. The van der Waals surface area contributed by atoms with Crippen LogP contribution < -0.4 is 9.47 Å². The minimum absolute atomic E-state index is 0.232. The molecule has 4 nitrogen and oxygen atoms in total. The summed E-state index contributed by atoms with van der Waals surface area (Å²) in [5, 5.41) is 10.5. The minimum Gasteiger partial charge on any atom is -0.497 e. The highest BCUT2D eigenvalue weighted by molar-refractivity contribution is 5.43. The molecule has 110 valence electrons. The summed E-state index contributed by atoms with van der Waals surface area (Å²) in [5.74, 6) is 1.53. The number of fused-ring (bicyclic) bond motifs is 1. The lowest BCUT2D eigenvalue weighted by Gasteiger charge is -2.45. The lowest BCUT2D eigenvalue weighted by molar-refractivity contribution is -0.0797. The number of methoxy groups -OCH3 is 2. The Kier molecular flexibility index (Phi) is 3.61.